The van der Waals surface area contributed by atoms with Crippen molar-refractivity contribution in [2.75, 3.05) is 6.54 Å². The lowest BCUT2D eigenvalue weighted by molar-refractivity contribution is -0.139. The van der Waals surface area contributed by atoms with Gasteiger partial charge in [0.05, 0.1) is 6.33 Å². The van der Waals surface area contributed by atoms with Gasteiger partial charge in [0.2, 0.25) is 0 Å². The maximum absolute atomic E-state index is 11.4. The van der Waals surface area contributed by atoms with E-state index in [1.807, 2.05) is 0 Å². The number of imidazole rings is 1. The van der Waals surface area contributed by atoms with Gasteiger partial charge in [-0.1, -0.05) is 0 Å². The van der Waals surface area contributed by atoms with Crippen molar-refractivity contribution >= 4 is 12.0 Å². The normalized spacial score (nSPS) is 11.3. The molecule has 1 atom stereocenters. The molecule has 0 aliphatic carbocycles. The van der Waals surface area contributed by atoms with E-state index in [1.54, 1.807) is 12.5 Å². The number of aromatic nitrogens is 2. The molecule has 96 valence electrons. The summed E-state index contributed by atoms with van der Waals surface area (Å²) in [6.45, 7) is 0.371. The van der Waals surface area contributed by atoms with Crippen molar-refractivity contribution in [1.82, 2.24) is 20.6 Å². The molecule has 0 aliphatic rings. The molecule has 0 aliphatic heterocycles. The van der Waals surface area contributed by atoms with Crippen molar-refractivity contribution < 1.29 is 14.7 Å². The Kier molecular flexibility index (Phi) is 5.25. The van der Waals surface area contributed by atoms with E-state index in [0.717, 1.165) is 5.69 Å². The summed E-state index contributed by atoms with van der Waals surface area (Å²) in [6, 6.07) is -1.63. The second-order valence-corrected chi connectivity index (χ2v) is 3.53. The van der Waals surface area contributed by atoms with E-state index in [1.165, 1.54) is 0 Å². The maximum Gasteiger partial charge on any atom is 0.327 e. The van der Waals surface area contributed by atoms with Crippen LogP contribution in [-0.4, -0.2) is 39.7 Å². The fraction of sp³-hybridized carbons (Fsp3) is 0.364. The first-order chi connectivity index (χ1) is 8.63. The molecule has 0 aromatic carbocycles. The maximum atomic E-state index is 11.4. The first-order valence-electron chi connectivity index (χ1n) is 5.31. The zero-order chi connectivity index (χ0) is 13.4. The highest BCUT2D eigenvalue weighted by atomic mass is 16.4. The van der Waals surface area contributed by atoms with Gasteiger partial charge in [-0.25, -0.2) is 14.6 Å². The van der Waals surface area contributed by atoms with E-state index in [0.29, 0.717) is 13.0 Å². The molecule has 0 radical (unpaired) electrons. The second-order valence-electron chi connectivity index (χ2n) is 3.53. The van der Waals surface area contributed by atoms with Crippen LogP contribution in [0.4, 0.5) is 4.79 Å². The Morgan fingerprint density at radius 1 is 1.61 bits per heavy atom. The standard InChI is InChI=1S/C11H14N4O3/c1-2-3-9(10(16)17)15-11(18)13-5-4-8-6-12-7-14-8/h1,6-7,9H,3-5H2,(H,12,14)(H,16,17)(H2,13,15,18). The summed E-state index contributed by atoms with van der Waals surface area (Å²) < 4.78 is 0. The number of urea groups is 1. The van der Waals surface area contributed by atoms with E-state index in [-0.39, 0.29) is 6.42 Å². The first-order valence-corrected chi connectivity index (χ1v) is 5.31. The first kappa shape index (κ1) is 13.6. The Morgan fingerprint density at radius 3 is 2.94 bits per heavy atom. The lowest BCUT2D eigenvalue weighted by Crippen LogP contribution is -2.46. The number of H-pyrrole nitrogens is 1. The van der Waals surface area contributed by atoms with Crippen LogP contribution in [0.3, 0.4) is 0 Å². The van der Waals surface area contributed by atoms with Gasteiger partial charge in [0.25, 0.3) is 0 Å². The predicted octanol–water partition coefficient (Wildman–Crippen LogP) is -0.272. The summed E-state index contributed by atoms with van der Waals surface area (Å²) in [6.07, 6.45) is 8.74. The molecule has 2 amide bonds. The number of nitrogens with one attached hydrogen (secondary N) is 3. The topological polar surface area (TPSA) is 107 Å². The van der Waals surface area contributed by atoms with Crippen LogP contribution in [0, 0.1) is 12.3 Å². The second kappa shape index (κ2) is 6.96. The highest BCUT2D eigenvalue weighted by molar-refractivity contribution is 5.82. The fourth-order valence-electron chi connectivity index (χ4n) is 1.26. The minimum absolute atomic E-state index is 0.0523. The molecule has 1 rings (SSSR count). The van der Waals surface area contributed by atoms with E-state index < -0.39 is 18.0 Å². The minimum Gasteiger partial charge on any atom is -0.480 e. The monoisotopic (exact) mass is 250 g/mol. The molecule has 7 nitrogen and oxygen atoms in total. The highest BCUT2D eigenvalue weighted by Crippen LogP contribution is 1.92. The molecule has 4 N–H and O–H groups in total. The molecule has 0 fully saturated rings. The van der Waals surface area contributed by atoms with Crippen LogP contribution in [0.25, 0.3) is 0 Å². The SMILES string of the molecule is C#CCC(NC(=O)NCCc1cnc[nH]1)C(=O)O. The lowest BCUT2D eigenvalue weighted by atomic mass is 10.2. The predicted molar refractivity (Wildman–Crippen MR) is 63.7 cm³/mol. The molecule has 1 unspecified atom stereocenters. The number of carbonyl (C=O) groups excluding carboxylic acids is 1. The Balaban J connectivity index is 2.28. The molecular weight excluding hydrogens is 236 g/mol. The molecule has 0 saturated carbocycles. The minimum atomic E-state index is -1.16. The summed E-state index contributed by atoms with van der Waals surface area (Å²) in [5, 5.41) is 13.6. The Labute approximate surface area is 104 Å². The van der Waals surface area contributed by atoms with E-state index >= 15 is 0 Å². The zero-order valence-electron chi connectivity index (χ0n) is 9.64. The Bertz CT molecular complexity index is 436. The average molecular weight is 250 g/mol. The number of aliphatic carboxylic acids is 1. The number of hydrogen-bond acceptors (Lipinski definition) is 3. The smallest absolute Gasteiger partial charge is 0.327 e. The van der Waals surface area contributed by atoms with Crippen molar-refractivity contribution in [3.05, 3.63) is 18.2 Å². The third-order valence-electron chi connectivity index (χ3n) is 2.16. The molecular formula is C11H14N4O3. The van der Waals surface area contributed by atoms with E-state index in [4.69, 9.17) is 11.5 Å². The zero-order valence-corrected chi connectivity index (χ0v) is 9.64. The number of hydrogen-bond donors (Lipinski definition) is 4. The number of rotatable bonds is 6. The van der Waals surface area contributed by atoms with Gasteiger partial charge in [0.1, 0.15) is 6.04 Å². The van der Waals surface area contributed by atoms with Gasteiger partial charge in [-0.15, -0.1) is 12.3 Å². The molecule has 0 bridgehead atoms. The van der Waals surface area contributed by atoms with Crippen LogP contribution >= 0.6 is 0 Å². The van der Waals surface area contributed by atoms with Crippen molar-refractivity contribution in [3.63, 3.8) is 0 Å². The molecule has 1 aromatic heterocycles. The summed E-state index contributed by atoms with van der Waals surface area (Å²) in [5.74, 6) is 1.04. The van der Waals surface area contributed by atoms with E-state index in [2.05, 4.69) is 26.5 Å². The van der Waals surface area contributed by atoms with Gasteiger partial charge >= 0.3 is 12.0 Å². The van der Waals surface area contributed by atoms with Crippen LogP contribution < -0.4 is 10.6 Å². The highest BCUT2D eigenvalue weighted by Gasteiger charge is 2.18. The molecule has 0 saturated heterocycles. The molecule has 7 heteroatoms. The number of aromatic amines is 1. The number of carbonyl (C=O) groups is 2. The van der Waals surface area contributed by atoms with Crippen LogP contribution in [0.5, 0.6) is 0 Å². The summed E-state index contributed by atoms with van der Waals surface area (Å²) in [5.41, 5.74) is 0.883. The molecule has 1 aromatic rings. The average Bonchev–Trinajstić information content (AvgIpc) is 2.81. The Hall–Kier alpha value is -2.49. The largest absolute Gasteiger partial charge is 0.480 e. The van der Waals surface area contributed by atoms with Gasteiger partial charge in [-0.3, -0.25) is 0 Å². The summed E-state index contributed by atoms with van der Waals surface area (Å²) >= 11 is 0. The van der Waals surface area contributed by atoms with E-state index in [9.17, 15) is 9.59 Å². The number of carboxylic acid groups (broad SMARTS) is 1. The summed E-state index contributed by atoms with van der Waals surface area (Å²) in [7, 11) is 0. The van der Waals surface area contributed by atoms with Gasteiger partial charge in [-0.2, -0.15) is 0 Å². The van der Waals surface area contributed by atoms with Crippen LogP contribution in [0.15, 0.2) is 12.5 Å². The number of terminal acetylenes is 1. The van der Waals surface area contributed by atoms with Crippen molar-refractivity contribution in [3.8, 4) is 12.3 Å². The van der Waals surface area contributed by atoms with Gasteiger partial charge in [0, 0.05) is 31.3 Å². The van der Waals surface area contributed by atoms with Gasteiger partial charge < -0.3 is 20.7 Å². The van der Waals surface area contributed by atoms with Crippen LogP contribution in [0.1, 0.15) is 12.1 Å². The number of carboxylic acids is 1. The molecule has 1 heterocycles. The van der Waals surface area contributed by atoms with Crippen molar-refractivity contribution in [1.29, 1.82) is 0 Å². The Morgan fingerprint density at radius 2 is 2.39 bits per heavy atom. The third-order valence-corrected chi connectivity index (χ3v) is 2.16. The molecule has 0 spiro atoms. The quantitative estimate of drug-likeness (QED) is 0.521. The van der Waals surface area contributed by atoms with Crippen LogP contribution in [0.2, 0.25) is 0 Å². The van der Waals surface area contributed by atoms with Crippen molar-refractivity contribution in [2.45, 2.75) is 18.9 Å². The lowest BCUT2D eigenvalue weighted by Gasteiger charge is -2.12. The van der Waals surface area contributed by atoms with Gasteiger partial charge in [-0.05, 0) is 0 Å². The number of nitrogens with zero attached hydrogens (tertiary/aromatic N) is 1. The third kappa shape index (κ3) is 4.57. The van der Waals surface area contributed by atoms with Crippen molar-refractivity contribution in [2.24, 2.45) is 0 Å². The van der Waals surface area contributed by atoms with Crippen LogP contribution in [-0.2, 0) is 11.2 Å². The number of amides is 2. The fourth-order valence-corrected chi connectivity index (χ4v) is 1.26. The molecule has 18 heavy (non-hydrogen) atoms. The summed E-state index contributed by atoms with van der Waals surface area (Å²) in [4.78, 5) is 28.8. The van der Waals surface area contributed by atoms with Gasteiger partial charge in [0.15, 0.2) is 0 Å².